The summed E-state index contributed by atoms with van der Waals surface area (Å²) in [6.07, 6.45) is -0.684. The third-order valence-electron chi connectivity index (χ3n) is 5.48. The zero-order valence-electron chi connectivity index (χ0n) is 17.2. The number of aliphatic hydroxyl groups excluding tert-OH is 1. The molecule has 0 spiro atoms. The van der Waals surface area contributed by atoms with Crippen LogP contribution in [0.3, 0.4) is 0 Å². The third kappa shape index (κ3) is 5.99. The van der Waals surface area contributed by atoms with Crippen molar-refractivity contribution in [3.8, 4) is 0 Å². The lowest BCUT2D eigenvalue weighted by Crippen LogP contribution is -2.49. The highest BCUT2D eigenvalue weighted by atomic mass is 28.4. The Kier molecular flexibility index (Phi) is 8.19. The predicted octanol–water partition coefficient (Wildman–Crippen LogP) is 4.89. The molecule has 0 bridgehead atoms. The van der Waals surface area contributed by atoms with Crippen LogP contribution in [0.2, 0.25) is 18.1 Å². The molecule has 0 amide bonds. The lowest BCUT2D eigenvalue weighted by Gasteiger charge is -2.42. The van der Waals surface area contributed by atoms with Crippen LogP contribution in [0, 0.1) is 23.7 Å². The smallest absolute Gasteiger partial charge is 0.192 e. The molecule has 23 heavy (non-hydrogen) atoms. The van der Waals surface area contributed by atoms with E-state index in [0.29, 0.717) is 0 Å². The summed E-state index contributed by atoms with van der Waals surface area (Å²) >= 11 is 0. The van der Waals surface area contributed by atoms with E-state index in [-0.39, 0.29) is 40.6 Å². The van der Waals surface area contributed by atoms with Crippen LogP contribution in [0.5, 0.6) is 0 Å². The van der Waals surface area contributed by atoms with Gasteiger partial charge in [-0.2, -0.15) is 0 Å². The molecule has 0 aromatic carbocycles. The number of aliphatic hydroxyl groups is 1. The first-order chi connectivity index (χ1) is 10.1. The van der Waals surface area contributed by atoms with Crippen LogP contribution < -0.4 is 0 Å². The molecule has 0 unspecified atom stereocenters. The molecular formula is C19H40O3Si. The average Bonchev–Trinajstić information content (AvgIpc) is 2.39. The Balaban J connectivity index is 5.29. The second-order valence-electron chi connectivity index (χ2n) is 9.30. The Morgan fingerprint density at radius 3 is 1.65 bits per heavy atom. The maximum Gasteiger partial charge on any atom is 0.192 e. The van der Waals surface area contributed by atoms with Gasteiger partial charge in [-0.1, -0.05) is 62.3 Å². The van der Waals surface area contributed by atoms with Crippen LogP contribution in [0.4, 0.5) is 0 Å². The van der Waals surface area contributed by atoms with E-state index in [9.17, 15) is 9.90 Å². The van der Waals surface area contributed by atoms with E-state index in [1.807, 2.05) is 27.7 Å². The lowest BCUT2D eigenvalue weighted by atomic mass is 9.82. The molecule has 0 radical (unpaired) electrons. The van der Waals surface area contributed by atoms with Gasteiger partial charge in [-0.25, -0.2) is 0 Å². The van der Waals surface area contributed by atoms with E-state index in [2.05, 4.69) is 47.7 Å². The summed E-state index contributed by atoms with van der Waals surface area (Å²) in [6, 6.07) is 0. The quantitative estimate of drug-likeness (QED) is 0.638. The van der Waals surface area contributed by atoms with Crippen molar-refractivity contribution in [2.24, 2.45) is 23.7 Å². The molecule has 3 nitrogen and oxygen atoms in total. The van der Waals surface area contributed by atoms with Crippen LogP contribution in [-0.2, 0) is 9.22 Å². The van der Waals surface area contributed by atoms with Gasteiger partial charge in [0.05, 0.1) is 12.2 Å². The molecule has 0 saturated carbocycles. The normalized spacial score (nSPS) is 18.9. The lowest BCUT2D eigenvalue weighted by molar-refractivity contribution is -0.134. The highest BCUT2D eigenvalue weighted by Gasteiger charge is 2.42. The maximum atomic E-state index is 12.8. The summed E-state index contributed by atoms with van der Waals surface area (Å²) in [5.41, 5.74) is 0. The fourth-order valence-electron chi connectivity index (χ4n) is 2.65. The van der Waals surface area contributed by atoms with Gasteiger partial charge in [-0.05, 0) is 30.0 Å². The van der Waals surface area contributed by atoms with E-state index in [0.717, 1.165) is 0 Å². The number of Topliss-reactive ketones (excluding diaryl/α,β-unsaturated/α-hetero) is 1. The van der Waals surface area contributed by atoms with Gasteiger partial charge in [0.1, 0.15) is 5.78 Å². The Bertz CT molecular complexity index is 383. The van der Waals surface area contributed by atoms with Gasteiger partial charge in [0, 0.05) is 11.8 Å². The minimum absolute atomic E-state index is 0.0833. The van der Waals surface area contributed by atoms with Gasteiger partial charge in [0.2, 0.25) is 0 Å². The van der Waals surface area contributed by atoms with Crippen molar-refractivity contribution in [1.82, 2.24) is 0 Å². The van der Waals surface area contributed by atoms with Gasteiger partial charge in [-0.3, -0.25) is 4.79 Å². The number of hydrogen-bond acceptors (Lipinski definition) is 3. The summed E-state index contributed by atoms with van der Waals surface area (Å²) < 4.78 is 6.57. The Morgan fingerprint density at radius 2 is 1.35 bits per heavy atom. The minimum Gasteiger partial charge on any atom is -0.413 e. The Morgan fingerprint density at radius 1 is 0.913 bits per heavy atom. The van der Waals surface area contributed by atoms with E-state index in [1.165, 1.54) is 0 Å². The fraction of sp³-hybridized carbons (Fsp3) is 0.947. The molecule has 0 heterocycles. The molecule has 0 aliphatic carbocycles. The van der Waals surface area contributed by atoms with Gasteiger partial charge in [0.25, 0.3) is 0 Å². The number of carbonyl (C=O) groups excluding carboxylic acids is 1. The van der Waals surface area contributed by atoms with Gasteiger partial charge in [0.15, 0.2) is 8.32 Å². The van der Waals surface area contributed by atoms with Crippen molar-refractivity contribution >= 4 is 14.1 Å². The summed E-state index contributed by atoms with van der Waals surface area (Å²) in [7, 11) is -1.94. The molecule has 0 rings (SSSR count). The molecule has 0 aromatic rings. The van der Waals surface area contributed by atoms with Crippen molar-refractivity contribution in [3.05, 3.63) is 0 Å². The molecule has 0 saturated heterocycles. The average molecular weight is 345 g/mol. The predicted molar refractivity (Wildman–Crippen MR) is 101 cm³/mol. The van der Waals surface area contributed by atoms with Gasteiger partial charge < -0.3 is 9.53 Å². The number of ketones is 1. The topological polar surface area (TPSA) is 46.5 Å². The van der Waals surface area contributed by atoms with E-state index in [4.69, 9.17) is 4.43 Å². The second kappa shape index (κ2) is 8.26. The first-order valence-electron chi connectivity index (χ1n) is 9.03. The van der Waals surface area contributed by atoms with Gasteiger partial charge >= 0.3 is 0 Å². The zero-order chi connectivity index (χ0) is 18.7. The summed E-state index contributed by atoms with van der Waals surface area (Å²) in [4.78, 5) is 12.8. The van der Waals surface area contributed by atoms with Crippen LogP contribution in [0.25, 0.3) is 0 Å². The summed E-state index contributed by atoms with van der Waals surface area (Å²) in [5.74, 6) is -0.0863. The van der Waals surface area contributed by atoms with E-state index >= 15 is 0 Å². The molecule has 0 aliphatic heterocycles. The van der Waals surface area contributed by atoms with Crippen molar-refractivity contribution in [2.45, 2.75) is 92.7 Å². The first-order valence-corrected chi connectivity index (χ1v) is 11.9. The minimum atomic E-state index is -1.94. The van der Waals surface area contributed by atoms with E-state index < -0.39 is 14.4 Å². The SMILES string of the molecule is CC(C)[C@@H](O[Si](C)(C)C(C)(C)C)[C@H](C)C(=O)[C@H](C)[C@@H](O)C(C)C. The third-order valence-corrected chi connectivity index (χ3v) is 9.95. The zero-order valence-corrected chi connectivity index (χ0v) is 18.2. The van der Waals surface area contributed by atoms with Crippen LogP contribution in [0.15, 0.2) is 0 Å². The Hall–Kier alpha value is -0.193. The maximum absolute atomic E-state index is 12.8. The summed E-state index contributed by atoms with van der Waals surface area (Å²) in [5, 5.41) is 10.4. The van der Waals surface area contributed by atoms with Crippen LogP contribution in [-0.4, -0.2) is 31.4 Å². The standard InChI is InChI=1S/C19H40O3Si/c1-12(2)16(20)14(5)17(21)15(6)18(13(3)4)22-23(10,11)19(7,8)9/h12-16,18,20H,1-11H3/t14-,15-,16+,18-/m1/s1. The molecule has 0 aliphatic rings. The highest BCUT2D eigenvalue weighted by molar-refractivity contribution is 6.74. The number of rotatable bonds is 8. The van der Waals surface area contributed by atoms with Crippen molar-refractivity contribution in [2.75, 3.05) is 0 Å². The number of carbonyl (C=O) groups is 1. The second-order valence-corrected chi connectivity index (χ2v) is 14.1. The van der Waals surface area contributed by atoms with Crippen LogP contribution >= 0.6 is 0 Å². The molecule has 4 heteroatoms. The molecule has 1 N–H and O–H groups in total. The molecule has 0 aromatic heterocycles. The van der Waals surface area contributed by atoms with Gasteiger partial charge in [-0.15, -0.1) is 0 Å². The fourth-order valence-corrected chi connectivity index (χ4v) is 4.16. The van der Waals surface area contributed by atoms with E-state index in [1.54, 1.807) is 0 Å². The van der Waals surface area contributed by atoms with Crippen molar-refractivity contribution in [3.63, 3.8) is 0 Å². The largest absolute Gasteiger partial charge is 0.413 e. The highest BCUT2D eigenvalue weighted by Crippen LogP contribution is 2.39. The first kappa shape index (κ1) is 22.8. The van der Waals surface area contributed by atoms with Crippen molar-refractivity contribution < 1.29 is 14.3 Å². The monoisotopic (exact) mass is 344 g/mol. The van der Waals surface area contributed by atoms with Crippen LogP contribution in [0.1, 0.15) is 62.3 Å². The molecule has 138 valence electrons. The molecular weight excluding hydrogens is 304 g/mol. The molecule has 4 atom stereocenters. The Labute approximate surface area is 145 Å². The molecule has 0 fully saturated rings. The summed E-state index contributed by atoms with van der Waals surface area (Å²) in [6.45, 7) is 23.0. The number of hydrogen-bond donors (Lipinski definition) is 1. The van der Waals surface area contributed by atoms with Crippen molar-refractivity contribution in [1.29, 1.82) is 0 Å².